The smallest absolute Gasteiger partial charge is 0.182 e. The van der Waals surface area contributed by atoms with E-state index in [0.29, 0.717) is 17.1 Å². The second-order valence-corrected chi connectivity index (χ2v) is 5.44. The van der Waals surface area contributed by atoms with Crippen molar-refractivity contribution in [3.63, 3.8) is 0 Å². The Morgan fingerprint density at radius 1 is 1.25 bits per heavy atom. The number of nitrogen functional groups attached to an aromatic ring is 1. The number of tetrazole rings is 1. The minimum Gasteiger partial charge on any atom is -0.399 e. The van der Waals surface area contributed by atoms with E-state index in [9.17, 15) is 4.39 Å². The van der Waals surface area contributed by atoms with Crippen LogP contribution < -0.4 is 5.73 Å². The SMILES string of the molecule is Nc1cc(F)cc(-c2nnnn2CCC2CCCC2)c1. The Kier molecular flexibility index (Phi) is 3.62. The number of hydrogen-bond donors (Lipinski definition) is 1. The molecule has 5 nitrogen and oxygen atoms in total. The maximum absolute atomic E-state index is 13.4. The molecule has 1 saturated carbocycles. The minimum atomic E-state index is -0.370. The van der Waals surface area contributed by atoms with Crippen LogP contribution in [0, 0.1) is 11.7 Å². The van der Waals surface area contributed by atoms with Gasteiger partial charge < -0.3 is 5.73 Å². The van der Waals surface area contributed by atoms with Gasteiger partial charge in [0.15, 0.2) is 5.82 Å². The number of benzene rings is 1. The van der Waals surface area contributed by atoms with Gasteiger partial charge in [0.1, 0.15) is 5.82 Å². The van der Waals surface area contributed by atoms with Crippen LogP contribution in [0.3, 0.4) is 0 Å². The Morgan fingerprint density at radius 3 is 2.80 bits per heavy atom. The van der Waals surface area contributed by atoms with Crippen molar-refractivity contribution in [3.8, 4) is 11.4 Å². The van der Waals surface area contributed by atoms with Gasteiger partial charge in [0.25, 0.3) is 0 Å². The normalized spacial score (nSPS) is 15.8. The molecule has 1 aliphatic carbocycles. The van der Waals surface area contributed by atoms with Crippen molar-refractivity contribution >= 4 is 5.69 Å². The first kappa shape index (κ1) is 13.0. The summed E-state index contributed by atoms with van der Waals surface area (Å²) in [7, 11) is 0. The maximum Gasteiger partial charge on any atom is 0.182 e. The Morgan fingerprint density at radius 2 is 2.05 bits per heavy atom. The topological polar surface area (TPSA) is 69.6 Å². The molecule has 6 heteroatoms. The summed E-state index contributed by atoms with van der Waals surface area (Å²) in [4.78, 5) is 0. The molecular formula is C14H18FN5. The van der Waals surface area contributed by atoms with Crippen molar-refractivity contribution in [2.24, 2.45) is 5.92 Å². The summed E-state index contributed by atoms with van der Waals surface area (Å²) in [6, 6.07) is 4.39. The van der Waals surface area contributed by atoms with Crippen molar-refractivity contribution < 1.29 is 4.39 Å². The predicted molar refractivity (Wildman–Crippen MR) is 74.2 cm³/mol. The van der Waals surface area contributed by atoms with Gasteiger partial charge in [0.2, 0.25) is 0 Å². The molecule has 0 saturated heterocycles. The summed E-state index contributed by atoms with van der Waals surface area (Å²) >= 11 is 0. The van der Waals surface area contributed by atoms with E-state index in [4.69, 9.17) is 5.73 Å². The van der Waals surface area contributed by atoms with Gasteiger partial charge >= 0.3 is 0 Å². The molecule has 0 unspecified atom stereocenters. The lowest BCUT2D eigenvalue weighted by Gasteiger charge is -2.09. The van der Waals surface area contributed by atoms with Crippen LogP contribution in [-0.4, -0.2) is 20.2 Å². The van der Waals surface area contributed by atoms with Gasteiger partial charge in [-0.1, -0.05) is 25.7 Å². The summed E-state index contributed by atoms with van der Waals surface area (Å²) in [5, 5.41) is 11.7. The summed E-state index contributed by atoms with van der Waals surface area (Å²) in [6.45, 7) is 0.767. The van der Waals surface area contributed by atoms with Crippen molar-refractivity contribution in [1.29, 1.82) is 0 Å². The second kappa shape index (κ2) is 5.56. The Balaban J connectivity index is 1.78. The van der Waals surface area contributed by atoms with E-state index in [0.717, 1.165) is 18.9 Å². The lowest BCUT2D eigenvalue weighted by molar-refractivity contribution is 0.436. The fourth-order valence-electron chi connectivity index (χ4n) is 2.91. The summed E-state index contributed by atoms with van der Waals surface area (Å²) in [5.41, 5.74) is 6.68. The van der Waals surface area contributed by atoms with Crippen molar-refractivity contribution in [3.05, 3.63) is 24.0 Å². The van der Waals surface area contributed by atoms with Gasteiger partial charge in [-0.2, -0.15) is 0 Å². The fraction of sp³-hybridized carbons (Fsp3) is 0.500. The third-order valence-corrected chi connectivity index (χ3v) is 3.93. The number of aryl methyl sites for hydroxylation is 1. The highest BCUT2D eigenvalue weighted by Crippen LogP contribution is 2.28. The molecule has 1 aromatic carbocycles. The highest BCUT2D eigenvalue weighted by atomic mass is 19.1. The van der Waals surface area contributed by atoms with Gasteiger partial charge in [0.05, 0.1) is 0 Å². The van der Waals surface area contributed by atoms with E-state index >= 15 is 0 Å². The zero-order valence-corrected chi connectivity index (χ0v) is 11.3. The number of nitrogens with zero attached hydrogens (tertiary/aromatic N) is 4. The lowest BCUT2D eigenvalue weighted by atomic mass is 10.0. The Bertz CT molecular complexity index is 569. The molecule has 20 heavy (non-hydrogen) atoms. The van der Waals surface area contributed by atoms with Gasteiger partial charge in [-0.05, 0) is 41.0 Å². The van der Waals surface area contributed by atoms with E-state index in [2.05, 4.69) is 15.5 Å². The third-order valence-electron chi connectivity index (χ3n) is 3.93. The van der Waals surface area contributed by atoms with Crippen LogP contribution >= 0.6 is 0 Å². The Hall–Kier alpha value is -1.98. The molecule has 0 atom stereocenters. The third kappa shape index (κ3) is 2.79. The van der Waals surface area contributed by atoms with E-state index < -0.39 is 0 Å². The maximum atomic E-state index is 13.4. The largest absolute Gasteiger partial charge is 0.399 e. The zero-order valence-electron chi connectivity index (χ0n) is 11.3. The predicted octanol–water partition coefficient (Wildman–Crippen LogP) is 2.64. The lowest BCUT2D eigenvalue weighted by Crippen LogP contribution is -2.07. The molecule has 2 N–H and O–H groups in total. The van der Waals surface area contributed by atoms with Crippen molar-refractivity contribution in [1.82, 2.24) is 20.2 Å². The minimum absolute atomic E-state index is 0.370. The van der Waals surface area contributed by atoms with Crippen LogP contribution in [0.15, 0.2) is 18.2 Å². The molecule has 0 amide bonds. The van der Waals surface area contributed by atoms with Crippen LogP contribution in [0.5, 0.6) is 0 Å². The molecule has 0 spiro atoms. The first-order chi connectivity index (χ1) is 9.72. The molecule has 0 radical (unpaired) electrons. The number of nitrogens with two attached hydrogens (primary N) is 1. The molecule has 0 aliphatic heterocycles. The highest BCUT2D eigenvalue weighted by Gasteiger charge is 2.17. The number of hydrogen-bond acceptors (Lipinski definition) is 4. The average molecular weight is 275 g/mol. The van der Waals surface area contributed by atoms with Gasteiger partial charge in [-0.3, -0.25) is 0 Å². The van der Waals surface area contributed by atoms with Crippen LogP contribution in [-0.2, 0) is 6.54 Å². The molecule has 1 heterocycles. The zero-order chi connectivity index (χ0) is 13.9. The molecule has 2 aromatic rings. The van der Waals surface area contributed by atoms with Crippen LogP contribution in [0.2, 0.25) is 0 Å². The van der Waals surface area contributed by atoms with E-state index in [1.54, 1.807) is 10.7 Å². The summed E-state index contributed by atoms with van der Waals surface area (Å²) < 4.78 is 15.2. The number of rotatable bonds is 4. The first-order valence-electron chi connectivity index (χ1n) is 7.05. The second-order valence-electron chi connectivity index (χ2n) is 5.44. The highest BCUT2D eigenvalue weighted by molar-refractivity contribution is 5.61. The summed E-state index contributed by atoms with van der Waals surface area (Å²) in [5.74, 6) is 0.976. The summed E-state index contributed by atoms with van der Waals surface area (Å²) in [6.07, 6.45) is 6.32. The molecule has 1 aromatic heterocycles. The number of halogens is 1. The number of aromatic nitrogens is 4. The Labute approximate surface area is 117 Å². The molecule has 1 fully saturated rings. The van der Waals surface area contributed by atoms with Gasteiger partial charge in [0, 0.05) is 17.8 Å². The van der Waals surface area contributed by atoms with Crippen LogP contribution in [0.25, 0.3) is 11.4 Å². The first-order valence-corrected chi connectivity index (χ1v) is 7.05. The monoisotopic (exact) mass is 275 g/mol. The molecular weight excluding hydrogens is 257 g/mol. The van der Waals surface area contributed by atoms with Crippen LogP contribution in [0.1, 0.15) is 32.1 Å². The quantitative estimate of drug-likeness (QED) is 0.871. The van der Waals surface area contributed by atoms with Gasteiger partial charge in [-0.15, -0.1) is 5.10 Å². The van der Waals surface area contributed by atoms with Crippen LogP contribution in [0.4, 0.5) is 10.1 Å². The van der Waals surface area contributed by atoms with E-state index in [-0.39, 0.29) is 5.82 Å². The van der Waals surface area contributed by atoms with E-state index in [1.807, 2.05) is 0 Å². The standard InChI is InChI=1S/C14H18FN5/c15-12-7-11(8-13(16)9-12)14-17-18-19-20(14)6-5-10-3-1-2-4-10/h7-10H,1-6,16H2. The fourth-order valence-corrected chi connectivity index (χ4v) is 2.91. The van der Waals surface area contributed by atoms with Crippen molar-refractivity contribution in [2.75, 3.05) is 5.73 Å². The average Bonchev–Trinajstić information content (AvgIpc) is 3.06. The molecule has 106 valence electrons. The number of anilines is 1. The van der Waals surface area contributed by atoms with E-state index in [1.165, 1.54) is 37.8 Å². The molecule has 3 rings (SSSR count). The van der Waals surface area contributed by atoms with Crippen molar-refractivity contribution in [2.45, 2.75) is 38.6 Å². The van der Waals surface area contributed by atoms with Gasteiger partial charge in [-0.25, -0.2) is 9.07 Å². The molecule has 1 aliphatic rings. The molecule has 0 bridgehead atoms.